The molecule has 0 heterocycles. The van der Waals surface area contributed by atoms with Crippen molar-refractivity contribution in [1.82, 2.24) is 5.43 Å². The summed E-state index contributed by atoms with van der Waals surface area (Å²) in [5.74, 6) is 0.159. The lowest BCUT2D eigenvalue weighted by Gasteiger charge is -2.07. The number of amides is 2. The van der Waals surface area contributed by atoms with Crippen molar-refractivity contribution in [2.24, 2.45) is 5.10 Å². The predicted molar refractivity (Wildman–Crippen MR) is 103 cm³/mol. The molecule has 0 unspecified atom stereocenters. The molecule has 0 aliphatic rings. The van der Waals surface area contributed by atoms with Gasteiger partial charge in [-0.05, 0) is 48.9 Å². The topological polar surface area (TPSA) is 79.8 Å². The van der Waals surface area contributed by atoms with Gasteiger partial charge < -0.3 is 10.1 Å². The number of halogens is 1. The second-order valence-electron chi connectivity index (χ2n) is 5.35. The van der Waals surface area contributed by atoms with Crippen LogP contribution in [0.2, 0.25) is 5.02 Å². The summed E-state index contributed by atoms with van der Waals surface area (Å²) in [7, 11) is 0. The Morgan fingerprint density at radius 2 is 1.69 bits per heavy atom. The van der Waals surface area contributed by atoms with Crippen molar-refractivity contribution in [3.05, 3.63) is 59.1 Å². The first-order valence-electron chi connectivity index (χ1n) is 8.17. The number of rotatable bonds is 8. The first-order valence-corrected chi connectivity index (χ1v) is 8.55. The molecule has 0 saturated carbocycles. The van der Waals surface area contributed by atoms with E-state index in [0.717, 1.165) is 11.3 Å². The minimum Gasteiger partial charge on any atom is -0.494 e. The number of carbonyl (C=O) groups is 2. The number of hydrogen-bond donors (Lipinski definition) is 2. The van der Waals surface area contributed by atoms with Gasteiger partial charge in [0.2, 0.25) is 11.8 Å². The highest BCUT2D eigenvalue weighted by Gasteiger charge is 2.07. The van der Waals surface area contributed by atoms with Crippen LogP contribution in [0.4, 0.5) is 5.69 Å². The zero-order chi connectivity index (χ0) is 18.8. The minimum absolute atomic E-state index is 0.0425. The van der Waals surface area contributed by atoms with E-state index in [1.54, 1.807) is 48.5 Å². The fourth-order valence-electron chi connectivity index (χ4n) is 2.04. The third-order valence-corrected chi connectivity index (χ3v) is 3.55. The van der Waals surface area contributed by atoms with E-state index in [4.69, 9.17) is 16.3 Å². The highest BCUT2D eigenvalue weighted by molar-refractivity contribution is 6.30. The van der Waals surface area contributed by atoms with E-state index >= 15 is 0 Å². The molecule has 2 amide bonds. The van der Waals surface area contributed by atoms with Gasteiger partial charge in [-0.2, -0.15) is 5.10 Å². The van der Waals surface area contributed by atoms with E-state index in [-0.39, 0.29) is 24.7 Å². The zero-order valence-electron chi connectivity index (χ0n) is 14.4. The summed E-state index contributed by atoms with van der Waals surface area (Å²) in [4.78, 5) is 23.6. The maximum atomic E-state index is 11.9. The Kier molecular flexibility index (Phi) is 7.64. The minimum atomic E-state index is -0.336. The van der Waals surface area contributed by atoms with Crippen LogP contribution >= 0.6 is 11.6 Å². The van der Waals surface area contributed by atoms with Crippen LogP contribution in [0.5, 0.6) is 5.75 Å². The summed E-state index contributed by atoms with van der Waals surface area (Å²) in [6.45, 7) is 2.49. The lowest BCUT2D eigenvalue weighted by molar-refractivity contribution is -0.124. The Bertz CT molecular complexity index is 759. The summed E-state index contributed by atoms with van der Waals surface area (Å²) in [6.07, 6.45) is 1.62. The molecule has 2 N–H and O–H groups in total. The van der Waals surface area contributed by atoms with Crippen molar-refractivity contribution in [2.45, 2.75) is 19.8 Å². The number of hydrogen-bond acceptors (Lipinski definition) is 4. The third kappa shape index (κ3) is 6.94. The number of carbonyl (C=O) groups excluding carboxylic acids is 2. The summed E-state index contributed by atoms with van der Waals surface area (Å²) >= 11 is 5.79. The van der Waals surface area contributed by atoms with Gasteiger partial charge in [0.1, 0.15) is 5.75 Å². The number of benzene rings is 2. The third-order valence-electron chi connectivity index (χ3n) is 3.30. The van der Waals surface area contributed by atoms with Crippen LogP contribution in [-0.4, -0.2) is 24.6 Å². The molecule has 0 radical (unpaired) electrons. The van der Waals surface area contributed by atoms with Crippen LogP contribution in [0.15, 0.2) is 53.6 Å². The average Bonchev–Trinajstić information content (AvgIpc) is 2.63. The quantitative estimate of drug-likeness (QED) is 0.548. The highest BCUT2D eigenvalue weighted by atomic mass is 35.5. The summed E-state index contributed by atoms with van der Waals surface area (Å²) < 4.78 is 5.33. The fourth-order valence-corrected chi connectivity index (χ4v) is 2.16. The molecule has 6 nitrogen and oxygen atoms in total. The molecule has 0 bridgehead atoms. The molecule has 136 valence electrons. The molecular formula is C19H20ClN3O3. The van der Waals surface area contributed by atoms with Crippen LogP contribution in [0.25, 0.3) is 0 Å². The van der Waals surface area contributed by atoms with Gasteiger partial charge in [0.15, 0.2) is 0 Å². The summed E-state index contributed by atoms with van der Waals surface area (Å²) in [5.41, 5.74) is 3.85. The van der Waals surface area contributed by atoms with Crippen molar-refractivity contribution in [2.75, 3.05) is 11.9 Å². The molecule has 0 aliphatic carbocycles. The molecule has 2 aromatic carbocycles. The van der Waals surface area contributed by atoms with Crippen LogP contribution < -0.4 is 15.5 Å². The molecule has 2 aromatic rings. The van der Waals surface area contributed by atoms with Crippen LogP contribution in [0.1, 0.15) is 25.3 Å². The molecule has 0 fully saturated rings. The molecule has 0 atom stereocenters. The second kappa shape index (κ2) is 10.2. The largest absolute Gasteiger partial charge is 0.494 e. The molecule has 0 saturated heterocycles. The lowest BCUT2D eigenvalue weighted by Crippen LogP contribution is -2.20. The smallest absolute Gasteiger partial charge is 0.240 e. The van der Waals surface area contributed by atoms with Crippen LogP contribution in [0.3, 0.4) is 0 Å². The SMILES string of the molecule is CCOc1ccc(NC(=O)CCC(=O)N/N=C\c2ccc(Cl)cc2)cc1. The second-order valence-corrected chi connectivity index (χ2v) is 5.79. The van der Waals surface area contributed by atoms with E-state index in [9.17, 15) is 9.59 Å². The van der Waals surface area contributed by atoms with Gasteiger partial charge in [0, 0.05) is 23.6 Å². The van der Waals surface area contributed by atoms with E-state index in [0.29, 0.717) is 17.3 Å². The van der Waals surface area contributed by atoms with Crippen molar-refractivity contribution in [3.8, 4) is 5.75 Å². The van der Waals surface area contributed by atoms with Gasteiger partial charge in [0.25, 0.3) is 0 Å². The van der Waals surface area contributed by atoms with E-state index < -0.39 is 0 Å². The van der Waals surface area contributed by atoms with E-state index in [2.05, 4.69) is 15.8 Å². The van der Waals surface area contributed by atoms with Crippen molar-refractivity contribution in [1.29, 1.82) is 0 Å². The molecule has 26 heavy (non-hydrogen) atoms. The van der Waals surface area contributed by atoms with Gasteiger partial charge in [-0.25, -0.2) is 5.43 Å². The Morgan fingerprint density at radius 1 is 1.04 bits per heavy atom. The number of hydrazone groups is 1. The Hall–Kier alpha value is -2.86. The molecule has 0 aromatic heterocycles. The molecule has 0 spiro atoms. The average molecular weight is 374 g/mol. The Morgan fingerprint density at radius 3 is 2.35 bits per heavy atom. The van der Waals surface area contributed by atoms with E-state index in [1.807, 2.05) is 6.92 Å². The van der Waals surface area contributed by atoms with Gasteiger partial charge in [-0.1, -0.05) is 23.7 Å². The standard InChI is InChI=1S/C19H20ClN3O3/c1-2-26-17-9-7-16(8-10-17)22-18(24)11-12-19(25)23-21-13-14-3-5-15(20)6-4-14/h3-10,13H,2,11-12H2,1H3,(H,22,24)(H,23,25)/b21-13-. The highest BCUT2D eigenvalue weighted by Crippen LogP contribution is 2.15. The molecule has 2 rings (SSSR count). The first-order chi connectivity index (χ1) is 12.6. The van der Waals surface area contributed by atoms with Crippen molar-refractivity contribution < 1.29 is 14.3 Å². The van der Waals surface area contributed by atoms with Gasteiger partial charge in [-0.15, -0.1) is 0 Å². The first kappa shape index (κ1) is 19.5. The Labute approximate surface area is 157 Å². The van der Waals surface area contributed by atoms with Crippen molar-refractivity contribution in [3.63, 3.8) is 0 Å². The maximum absolute atomic E-state index is 11.9. The Balaban J connectivity index is 1.70. The predicted octanol–water partition coefficient (Wildman–Crippen LogP) is 3.61. The molecule has 7 heteroatoms. The number of ether oxygens (including phenoxy) is 1. The summed E-state index contributed by atoms with van der Waals surface area (Å²) in [6, 6.07) is 14.1. The number of anilines is 1. The fraction of sp³-hybridized carbons (Fsp3) is 0.211. The number of nitrogens with one attached hydrogen (secondary N) is 2. The number of nitrogens with zero attached hydrogens (tertiary/aromatic N) is 1. The lowest BCUT2D eigenvalue weighted by atomic mass is 10.2. The molecule has 0 aliphatic heterocycles. The summed E-state index contributed by atoms with van der Waals surface area (Å²) in [5, 5.41) is 7.20. The van der Waals surface area contributed by atoms with E-state index in [1.165, 1.54) is 6.21 Å². The maximum Gasteiger partial charge on any atom is 0.240 e. The molecular weight excluding hydrogens is 354 g/mol. The van der Waals surface area contributed by atoms with Gasteiger partial charge in [-0.3, -0.25) is 9.59 Å². The van der Waals surface area contributed by atoms with Gasteiger partial charge >= 0.3 is 0 Å². The van der Waals surface area contributed by atoms with Crippen LogP contribution in [-0.2, 0) is 9.59 Å². The van der Waals surface area contributed by atoms with Crippen molar-refractivity contribution >= 4 is 35.3 Å². The normalized spacial score (nSPS) is 10.5. The van der Waals surface area contributed by atoms with Gasteiger partial charge in [0.05, 0.1) is 12.8 Å². The van der Waals surface area contributed by atoms with Crippen LogP contribution in [0, 0.1) is 0 Å². The monoisotopic (exact) mass is 373 g/mol. The zero-order valence-corrected chi connectivity index (χ0v) is 15.1.